The van der Waals surface area contributed by atoms with E-state index in [-0.39, 0.29) is 22.0 Å². The Bertz CT molecular complexity index is 1020. The Labute approximate surface area is 160 Å². The van der Waals surface area contributed by atoms with Crippen LogP contribution in [-0.2, 0) is 16.4 Å². The van der Waals surface area contributed by atoms with E-state index in [1.807, 2.05) is 0 Å². The Balaban J connectivity index is 2.60. The van der Waals surface area contributed by atoms with E-state index in [1.165, 1.54) is 19.1 Å². The molecule has 0 bridgehead atoms. The number of rotatable bonds is 7. The largest absolute Gasteiger partial charge is 0.363 e. The van der Waals surface area contributed by atoms with Crippen LogP contribution in [0.3, 0.4) is 0 Å². The molecule has 0 aliphatic heterocycles. The number of anilines is 1. The molecule has 0 fully saturated rings. The maximum Gasteiger partial charge on any atom is 0.295 e. The van der Waals surface area contributed by atoms with Gasteiger partial charge in [0.15, 0.2) is 16.0 Å². The second kappa shape index (κ2) is 7.90. The minimum absolute atomic E-state index is 0.0529. The first kappa shape index (κ1) is 21.9. The van der Waals surface area contributed by atoms with Crippen LogP contribution in [0, 0.1) is 0 Å². The van der Waals surface area contributed by atoms with E-state index in [0.29, 0.717) is 17.3 Å². The maximum atomic E-state index is 13.6. The van der Waals surface area contributed by atoms with Crippen molar-refractivity contribution in [2.75, 3.05) is 24.7 Å². The molecule has 11 heteroatoms. The monoisotopic (exact) mass is 418 g/mol. The molecular weight excluding hydrogens is 397 g/mol. The van der Waals surface area contributed by atoms with Crippen molar-refractivity contribution in [1.82, 2.24) is 14.5 Å². The van der Waals surface area contributed by atoms with Gasteiger partial charge in [0, 0.05) is 20.2 Å². The summed E-state index contributed by atoms with van der Waals surface area (Å²) in [7, 11) is -0.282. The Morgan fingerprint density at radius 1 is 1.29 bits per heavy atom. The lowest BCUT2D eigenvalue weighted by Gasteiger charge is -2.19. The predicted molar refractivity (Wildman–Crippen MR) is 99.3 cm³/mol. The standard InChI is InChI=1S/C17H21F3N4O3S/c1-5-28(26,27)13-6-7-14(23(3)4)22-16(13)12-8-15(25)24(10-21-12)9-17(19,20)11(2)18/h6-8,10-11H,5,9H2,1-4H3. The molecule has 7 nitrogen and oxygen atoms in total. The van der Waals surface area contributed by atoms with Crippen molar-refractivity contribution < 1.29 is 21.6 Å². The molecule has 0 N–H and O–H groups in total. The van der Waals surface area contributed by atoms with Gasteiger partial charge in [-0.1, -0.05) is 6.92 Å². The van der Waals surface area contributed by atoms with Gasteiger partial charge in [-0.2, -0.15) is 0 Å². The molecule has 0 radical (unpaired) electrons. The first-order chi connectivity index (χ1) is 12.9. The summed E-state index contributed by atoms with van der Waals surface area (Å²) in [6.07, 6.45) is -1.61. The average Bonchev–Trinajstić information content (AvgIpc) is 2.62. The Kier molecular flexibility index (Phi) is 6.17. The summed E-state index contributed by atoms with van der Waals surface area (Å²) >= 11 is 0. The van der Waals surface area contributed by atoms with Crippen LogP contribution in [0.25, 0.3) is 11.4 Å². The highest BCUT2D eigenvalue weighted by Crippen LogP contribution is 2.27. The summed E-state index contributed by atoms with van der Waals surface area (Å²) in [4.78, 5) is 21.9. The molecule has 2 aromatic rings. The smallest absolute Gasteiger partial charge is 0.295 e. The van der Waals surface area contributed by atoms with Crippen LogP contribution in [0.1, 0.15) is 13.8 Å². The lowest BCUT2D eigenvalue weighted by Crippen LogP contribution is -2.37. The third kappa shape index (κ3) is 4.51. The number of alkyl halides is 3. The van der Waals surface area contributed by atoms with E-state index in [4.69, 9.17) is 0 Å². The van der Waals surface area contributed by atoms with Crippen molar-refractivity contribution in [1.29, 1.82) is 0 Å². The van der Waals surface area contributed by atoms with E-state index >= 15 is 0 Å². The van der Waals surface area contributed by atoms with Crippen molar-refractivity contribution in [2.24, 2.45) is 0 Å². The third-order valence-corrected chi connectivity index (χ3v) is 5.86. The first-order valence-electron chi connectivity index (χ1n) is 8.39. The molecule has 28 heavy (non-hydrogen) atoms. The van der Waals surface area contributed by atoms with Crippen molar-refractivity contribution >= 4 is 15.7 Å². The zero-order valence-electron chi connectivity index (χ0n) is 15.9. The molecule has 2 heterocycles. The van der Waals surface area contributed by atoms with Gasteiger partial charge in [-0.25, -0.2) is 31.6 Å². The van der Waals surface area contributed by atoms with Gasteiger partial charge in [0.1, 0.15) is 11.5 Å². The molecular formula is C17H21F3N4O3S. The van der Waals surface area contributed by atoms with Gasteiger partial charge in [-0.05, 0) is 19.1 Å². The van der Waals surface area contributed by atoms with E-state index < -0.39 is 34.0 Å². The molecule has 0 aromatic carbocycles. The zero-order chi connectivity index (χ0) is 21.3. The van der Waals surface area contributed by atoms with Crippen molar-refractivity contribution in [3.05, 3.63) is 34.9 Å². The van der Waals surface area contributed by atoms with Crippen molar-refractivity contribution in [3.8, 4) is 11.4 Å². The van der Waals surface area contributed by atoms with Crippen LogP contribution in [0.15, 0.2) is 34.2 Å². The van der Waals surface area contributed by atoms with Crippen LogP contribution < -0.4 is 10.5 Å². The molecule has 0 saturated carbocycles. The summed E-state index contributed by atoms with van der Waals surface area (Å²) in [6.45, 7) is 0.984. The molecule has 1 unspecified atom stereocenters. The number of hydrogen-bond acceptors (Lipinski definition) is 6. The Morgan fingerprint density at radius 3 is 2.43 bits per heavy atom. The highest BCUT2D eigenvalue weighted by atomic mass is 32.2. The lowest BCUT2D eigenvalue weighted by atomic mass is 10.2. The fourth-order valence-electron chi connectivity index (χ4n) is 2.30. The number of nitrogens with zero attached hydrogens (tertiary/aromatic N) is 4. The summed E-state index contributed by atoms with van der Waals surface area (Å²) in [5, 5.41) is 0. The third-order valence-electron chi connectivity index (χ3n) is 4.10. The van der Waals surface area contributed by atoms with Gasteiger partial charge in [0.25, 0.3) is 11.5 Å². The predicted octanol–water partition coefficient (Wildman–Crippen LogP) is 2.16. The minimum Gasteiger partial charge on any atom is -0.363 e. The number of aromatic nitrogens is 3. The quantitative estimate of drug-likeness (QED) is 0.685. The molecule has 2 aromatic heterocycles. The van der Waals surface area contributed by atoms with Crippen LogP contribution in [-0.4, -0.2) is 54.9 Å². The molecule has 2 rings (SSSR count). The van der Waals surface area contributed by atoms with Crippen LogP contribution in [0.2, 0.25) is 0 Å². The number of sulfone groups is 1. The van der Waals surface area contributed by atoms with Crippen LogP contribution in [0.4, 0.5) is 19.0 Å². The van der Waals surface area contributed by atoms with Gasteiger partial charge in [-0.3, -0.25) is 9.36 Å². The fraction of sp³-hybridized carbons (Fsp3) is 0.471. The fourth-order valence-corrected chi connectivity index (χ4v) is 3.33. The summed E-state index contributed by atoms with van der Waals surface area (Å²) in [6, 6.07) is 3.79. The topological polar surface area (TPSA) is 85.2 Å². The van der Waals surface area contributed by atoms with E-state index in [9.17, 15) is 26.4 Å². The minimum atomic E-state index is -3.74. The van der Waals surface area contributed by atoms with Crippen LogP contribution in [0.5, 0.6) is 0 Å². The average molecular weight is 418 g/mol. The van der Waals surface area contributed by atoms with Crippen LogP contribution >= 0.6 is 0 Å². The second-order valence-electron chi connectivity index (χ2n) is 6.43. The van der Waals surface area contributed by atoms with Crippen molar-refractivity contribution in [3.63, 3.8) is 0 Å². The molecule has 1 atom stereocenters. The summed E-state index contributed by atoms with van der Waals surface area (Å²) < 4.78 is 65.5. The maximum absolute atomic E-state index is 13.6. The van der Waals surface area contributed by atoms with Crippen molar-refractivity contribution in [2.45, 2.75) is 37.4 Å². The van der Waals surface area contributed by atoms with Gasteiger partial charge in [0.05, 0.1) is 29.2 Å². The molecule has 0 spiro atoms. The Morgan fingerprint density at radius 2 is 1.93 bits per heavy atom. The SMILES string of the molecule is CCS(=O)(=O)c1ccc(N(C)C)nc1-c1cc(=O)n(CC(F)(F)C(C)F)cn1. The van der Waals surface area contributed by atoms with E-state index in [2.05, 4.69) is 9.97 Å². The number of hydrogen-bond donors (Lipinski definition) is 0. The highest BCUT2D eigenvalue weighted by Gasteiger charge is 2.37. The lowest BCUT2D eigenvalue weighted by molar-refractivity contribution is -0.0786. The van der Waals surface area contributed by atoms with E-state index in [1.54, 1.807) is 19.0 Å². The Hall–Kier alpha value is -2.43. The first-order valence-corrected chi connectivity index (χ1v) is 10.0. The molecule has 154 valence electrons. The van der Waals surface area contributed by atoms with Gasteiger partial charge in [-0.15, -0.1) is 0 Å². The molecule has 0 aliphatic carbocycles. The number of pyridine rings is 1. The normalized spacial score (nSPS) is 13.4. The molecule has 0 amide bonds. The van der Waals surface area contributed by atoms with Gasteiger partial charge < -0.3 is 4.90 Å². The van der Waals surface area contributed by atoms with Gasteiger partial charge >= 0.3 is 0 Å². The highest BCUT2D eigenvalue weighted by molar-refractivity contribution is 7.91. The zero-order valence-corrected chi connectivity index (χ0v) is 16.7. The second-order valence-corrected chi connectivity index (χ2v) is 8.68. The number of halogens is 3. The van der Waals surface area contributed by atoms with Gasteiger partial charge in [0.2, 0.25) is 0 Å². The summed E-state index contributed by atoms with van der Waals surface area (Å²) in [5.41, 5.74) is -1.00. The van der Waals surface area contributed by atoms with E-state index in [0.717, 1.165) is 12.4 Å². The molecule has 0 aliphatic rings. The molecule has 0 saturated heterocycles. The summed E-state index contributed by atoms with van der Waals surface area (Å²) in [5.74, 6) is -3.51.